The fraction of sp³-hybridized carbons (Fsp3) is 0.517. The maximum absolute atomic E-state index is 13.4. The second-order valence-electron chi connectivity index (χ2n) is 9.98. The van der Waals surface area contributed by atoms with Crippen LogP contribution in [0.4, 0.5) is 5.69 Å². The molecule has 0 unspecified atom stereocenters. The van der Waals surface area contributed by atoms with E-state index in [-0.39, 0.29) is 30.8 Å². The van der Waals surface area contributed by atoms with Crippen LogP contribution in [0.3, 0.4) is 0 Å². The average Bonchev–Trinajstić information content (AvgIpc) is 2.91. The first kappa shape index (κ1) is 29.5. The van der Waals surface area contributed by atoms with E-state index in [1.165, 1.54) is 10.7 Å². The molecule has 208 valence electrons. The van der Waals surface area contributed by atoms with Gasteiger partial charge >= 0.3 is 0 Å². The van der Waals surface area contributed by atoms with E-state index in [0.717, 1.165) is 37.5 Å². The lowest BCUT2D eigenvalue weighted by Gasteiger charge is -2.31. The monoisotopic (exact) mass is 543 g/mol. The van der Waals surface area contributed by atoms with Gasteiger partial charge in [-0.15, -0.1) is 0 Å². The SMILES string of the molecule is COc1ccc(N(CCCC(=O)N(CCc2ccccc2)[C@H](C)C(=O)NC2CCCCC2)S(C)(=O)=O)cc1. The molecular weight excluding hydrogens is 502 g/mol. The number of rotatable bonds is 13. The first-order valence-electron chi connectivity index (χ1n) is 13.4. The highest BCUT2D eigenvalue weighted by molar-refractivity contribution is 7.92. The van der Waals surface area contributed by atoms with E-state index in [0.29, 0.717) is 30.8 Å². The van der Waals surface area contributed by atoms with Gasteiger partial charge in [-0.2, -0.15) is 0 Å². The largest absolute Gasteiger partial charge is 0.497 e. The van der Waals surface area contributed by atoms with Gasteiger partial charge in [0.05, 0.1) is 19.1 Å². The van der Waals surface area contributed by atoms with E-state index in [1.807, 2.05) is 30.3 Å². The summed E-state index contributed by atoms with van der Waals surface area (Å²) in [4.78, 5) is 28.2. The topological polar surface area (TPSA) is 96.0 Å². The van der Waals surface area contributed by atoms with Crippen molar-refractivity contribution in [2.45, 2.75) is 70.4 Å². The Labute approximate surface area is 227 Å². The first-order valence-corrected chi connectivity index (χ1v) is 15.3. The minimum absolute atomic E-state index is 0.130. The van der Waals surface area contributed by atoms with Crippen LogP contribution in [0.25, 0.3) is 0 Å². The molecule has 2 aromatic carbocycles. The normalized spacial score (nSPS) is 14.9. The van der Waals surface area contributed by atoms with Crippen molar-refractivity contribution in [1.82, 2.24) is 10.2 Å². The van der Waals surface area contributed by atoms with Crippen LogP contribution in [0.1, 0.15) is 57.4 Å². The molecule has 2 aromatic rings. The minimum atomic E-state index is -3.54. The van der Waals surface area contributed by atoms with Crippen molar-refractivity contribution in [3.8, 4) is 5.75 Å². The lowest BCUT2D eigenvalue weighted by atomic mass is 9.95. The van der Waals surface area contributed by atoms with Gasteiger partial charge in [0.25, 0.3) is 0 Å². The van der Waals surface area contributed by atoms with E-state index in [1.54, 1.807) is 43.2 Å². The van der Waals surface area contributed by atoms with Crippen LogP contribution < -0.4 is 14.4 Å². The Kier molecular flexibility index (Phi) is 11.0. The van der Waals surface area contributed by atoms with E-state index in [9.17, 15) is 18.0 Å². The third kappa shape index (κ3) is 8.75. The van der Waals surface area contributed by atoms with Gasteiger partial charge in [0, 0.05) is 25.6 Å². The average molecular weight is 544 g/mol. The Balaban J connectivity index is 1.66. The van der Waals surface area contributed by atoms with Crippen LogP contribution >= 0.6 is 0 Å². The molecule has 3 rings (SSSR count). The molecule has 0 aromatic heterocycles. The summed E-state index contributed by atoms with van der Waals surface area (Å²) in [6, 6.07) is 16.2. The van der Waals surface area contributed by atoms with Crippen LogP contribution in [0, 0.1) is 0 Å². The first-order chi connectivity index (χ1) is 18.2. The van der Waals surface area contributed by atoms with Crippen molar-refractivity contribution in [3.05, 3.63) is 60.2 Å². The van der Waals surface area contributed by atoms with Crippen LogP contribution in [0.15, 0.2) is 54.6 Å². The standard InChI is InChI=1S/C29H41N3O5S/c1-23(29(34)30-25-13-8-5-9-14-25)31(22-20-24-11-6-4-7-12-24)28(33)15-10-21-32(38(3,35)36)26-16-18-27(37-2)19-17-26/h4,6-7,11-12,16-19,23,25H,5,8-10,13-15,20-22H2,1-3H3,(H,30,34)/t23-/m1/s1. The van der Waals surface area contributed by atoms with Crippen LogP contribution in [0.5, 0.6) is 5.75 Å². The molecule has 38 heavy (non-hydrogen) atoms. The molecule has 1 aliphatic rings. The van der Waals surface area contributed by atoms with Crippen LogP contribution in [-0.2, 0) is 26.0 Å². The van der Waals surface area contributed by atoms with E-state index in [4.69, 9.17) is 4.74 Å². The Bertz CT molecular complexity index is 1130. The van der Waals surface area contributed by atoms with Crippen LogP contribution in [-0.4, -0.2) is 63.7 Å². The molecule has 0 bridgehead atoms. The highest BCUT2D eigenvalue weighted by Crippen LogP contribution is 2.22. The fourth-order valence-corrected chi connectivity index (χ4v) is 5.86. The number of sulfonamides is 1. The fourth-order valence-electron chi connectivity index (χ4n) is 4.89. The predicted octanol–water partition coefficient (Wildman–Crippen LogP) is 4.15. The summed E-state index contributed by atoms with van der Waals surface area (Å²) >= 11 is 0. The number of nitrogens with one attached hydrogen (secondary N) is 1. The Morgan fingerprint density at radius 1 is 1.00 bits per heavy atom. The molecule has 2 amide bonds. The lowest BCUT2D eigenvalue weighted by molar-refractivity contribution is -0.140. The van der Waals surface area contributed by atoms with Crippen molar-refractivity contribution >= 4 is 27.5 Å². The number of carbonyl (C=O) groups excluding carboxylic acids is 2. The highest BCUT2D eigenvalue weighted by atomic mass is 32.2. The molecule has 1 atom stereocenters. The third-order valence-corrected chi connectivity index (χ3v) is 8.31. The Morgan fingerprint density at radius 3 is 2.26 bits per heavy atom. The Hall–Kier alpha value is -3.07. The second-order valence-corrected chi connectivity index (χ2v) is 11.9. The summed E-state index contributed by atoms with van der Waals surface area (Å²) < 4.78 is 31.4. The molecule has 1 saturated carbocycles. The number of methoxy groups -OCH3 is 1. The Morgan fingerprint density at radius 2 is 1.66 bits per heavy atom. The van der Waals surface area contributed by atoms with Crippen molar-refractivity contribution in [3.63, 3.8) is 0 Å². The van der Waals surface area contributed by atoms with Crippen molar-refractivity contribution in [2.24, 2.45) is 0 Å². The smallest absolute Gasteiger partial charge is 0.242 e. The molecule has 0 radical (unpaired) electrons. The number of hydrogen-bond acceptors (Lipinski definition) is 5. The van der Waals surface area contributed by atoms with Gasteiger partial charge in [-0.3, -0.25) is 13.9 Å². The van der Waals surface area contributed by atoms with E-state index in [2.05, 4.69) is 5.32 Å². The number of amides is 2. The molecule has 0 aliphatic heterocycles. The molecule has 1 aliphatic carbocycles. The maximum atomic E-state index is 13.4. The highest BCUT2D eigenvalue weighted by Gasteiger charge is 2.28. The zero-order chi connectivity index (χ0) is 27.5. The zero-order valence-corrected chi connectivity index (χ0v) is 23.6. The summed E-state index contributed by atoms with van der Waals surface area (Å²) in [5.74, 6) is 0.344. The van der Waals surface area contributed by atoms with Gasteiger partial charge in [0.15, 0.2) is 0 Å². The summed E-state index contributed by atoms with van der Waals surface area (Å²) in [5.41, 5.74) is 1.61. The van der Waals surface area contributed by atoms with Crippen molar-refractivity contribution in [1.29, 1.82) is 0 Å². The molecule has 0 spiro atoms. The number of nitrogens with zero attached hydrogens (tertiary/aromatic N) is 2. The molecule has 1 fully saturated rings. The summed E-state index contributed by atoms with van der Waals surface area (Å²) in [6.45, 7) is 2.35. The molecule has 9 heteroatoms. The molecule has 0 saturated heterocycles. The zero-order valence-electron chi connectivity index (χ0n) is 22.8. The number of carbonyl (C=O) groups is 2. The molecule has 0 heterocycles. The molecule has 1 N–H and O–H groups in total. The summed E-state index contributed by atoms with van der Waals surface area (Å²) in [5, 5.41) is 3.15. The van der Waals surface area contributed by atoms with Crippen molar-refractivity contribution < 1.29 is 22.7 Å². The molecular formula is C29H41N3O5S. The van der Waals surface area contributed by atoms with E-state index < -0.39 is 16.1 Å². The van der Waals surface area contributed by atoms with Gasteiger partial charge in [-0.05, 0) is 62.4 Å². The van der Waals surface area contributed by atoms with Gasteiger partial charge in [0.1, 0.15) is 11.8 Å². The maximum Gasteiger partial charge on any atom is 0.242 e. The number of anilines is 1. The number of hydrogen-bond donors (Lipinski definition) is 1. The second kappa shape index (κ2) is 14.2. The summed E-state index contributed by atoms with van der Waals surface area (Å²) in [6.07, 6.45) is 7.63. The van der Waals surface area contributed by atoms with Crippen LogP contribution in [0.2, 0.25) is 0 Å². The number of ether oxygens (including phenoxy) is 1. The van der Waals surface area contributed by atoms with Gasteiger partial charge in [-0.25, -0.2) is 8.42 Å². The van der Waals surface area contributed by atoms with Crippen molar-refractivity contribution in [2.75, 3.05) is 30.8 Å². The van der Waals surface area contributed by atoms with Gasteiger partial charge in [-0.1, -0.05) is 49.6 Å². The van der Waals surface area contributed by atoms with E-state index >= 15 is 0 Å². The third-order valence-electron chi connectivity index (χ3n) is 7.12. The predicted molar refractivity (Wildman–Crippen MR) is 151 cm³/mol. The number of benzene rings is 2. The quantitative estimate of drug-likeness (QED) is 0.410. The minimum Gasteiger partial charge on any atom is -0.497 e. The summed E-state index contributed by atoms with van der Waals surface area (Å²) in [7, 11) is -1.99. The lowest BCUT2D eigenvalue weighted by Crippen LogP contribution is -2.51. The molecule has 8 nitrogen and oxygen atoms in total. The van der Waals surface area contributed by atoms with Gasteiger partial charge < -0.3 is 15.0 Å². The van der Waals surface area contributed by atoms with Gasteiger partial charge in [0.2, 0.25) is 21.8 Å².